The van der Waals surface area contributed by atoms with E-state index in [1.165, 1.54) is 6.39 Å². The first-order valence-corrected chi connectivity index (χ1v) is 6.85. The predicted molar refractivity (Wildman–Crippen MR) is 70.7 cm³/mol. The molecule has 1 saturated heterocycles. The highest BCUT2D eigenvalue weighted by atomic mass is 16.6. The van der Waals surface area contributed by atoms with Gasteiger partial charge in [0.2, 0.25) is 0 Å². The van der Waals surface area contributed by atoms with E-state index in [-0.39, 0.29) is 12.1 Å². The second-order valence-electron chi connectivity index (χ2n) is 5.95. The molecule has 1 aliphatic rings. The number of ether oxygens (including phenoxy) is 1. The molecule has 0 N–H and O–H groups in total. The Labute approximate surface area is 113 Å². The van der Waals surface area contributed by atoms with Crippen molar-refractivity contribution in [1.82, 2.24) is 9.88 Å². The first-order chi connectivity index (χ1) is 8.97. The quantitative estimate of drug-likeness (QED) is 0.780. The molecule has 0 bridgehead atoms. The molecule has 5 nitrogen and oxygen atoms in total. The molecular weight excluding hydrogens is 244 g/mol. The lowest BCUT2D eigenvalue weighted by atomic mass is 10.1. The summed E-state index contributed by atoms with van der Waals surface area (Å²) in [5.41, 5.74) is 0.338. The standard InChI is InChI=1S/C14H22N2O3/c1-14(2,3)19-13(17)16-8-6-4-5-7-12(16)11-9-18-10-15-11/h9-10,12H,4-8H2,1-3H3. The lowest BCUT2D eigenvalue weighted by Crippen LogP contribution is -2.39. The van der Waals surface area contributed by atoms with E-state index in [1.807, 2.05) is 20.8 Å². The Kier molecular flexibility index (Phi) is 4.12. The van der Waals surface area contributed by atoms with Crippen LogP contribution in [0.1, 0.15) is 58.2 Å². The predicted octanol–water partition coefficient (Wildman–Crippen LogP) is 3.53. The number of likely N-dealkylation sites (tertiary alicyclic amines) is 1. The summed E-state index contributed by atoms with van der Waals surface area (Å²) in [7, 11) is 0. The van der Waals surface area contributed by atoms with Crippen LogP contribution in [0.3, 0.4) is 0 Å². The van der Waals surface area contributed by atoms with Crippen LogP contribution in [-0.2, 0) is 4.74 Å². The zero-order valence-electron chi connectivity index (χ0n) is 11.9. The van der Waals surface area contributed by atoms with Gasteiger partial charge in [0.25, 0.3) is 0 Å². The minimum Gasteiger partial charge on any atom is -0.451 e. The number of carbonyl (C=O) groups excluding carboxylic acids is 1. The van der Waals surface area contributed by atoms with Crippen LogP contribution in [0.5, 0.6) is 0 Å². The topological polar surface area (TPSA) is 55.6 Å². The highest BCUT2D eigenvalue weighted by molar-refractivity contribution is 5.68. The first-order valence-electron chi connectivity index (χ1n) is 6.85. The van der Waals surface area contributed by atoms with Crippen LogP contribution in [0.15, 0.2) is 17.1 Å². The Hall–Kier alpha value is -1.52. The Balaban J connectivity index is 2.15. The molecule has 0 radical (unpaired) electrons. The second kappa shape index (κ2) is 5.63. The van der Waals surface area contributed by atoms with Gasteiger partial charge in [-0.2, -0.15) is 0 Å². The third-order valence-corrected chi connectivity index (χ3v) is 3.17. The maximum absolute atomic E-state index is 12.3. The zero-order chi connectivity index (χ0) is 13.9. The van der Waals surface area contributed by atoms with Gasteiger partial charge in [-0.15, -0.1) is 0 Å². The summed E-state index contributed by atoms with van der Waals surface area (Å²) < 4.78 is 10.5. The van der Waals surface area contributed by atoms with Gasteiger partial charge >= 0.3 is 6.09 Å². The largest absolute Gasteiger partial charge is 0.451 e. The minimum atomic E-state index is -0.474. The Morgan fingerprint density at radius 2 is 2.21 bits per heavy atom. The summed E-state index contributed by atoms with van der Waals surface area (Å²) in [6.45, 7) is 6.36. The van der Waals surface area contributed by atoms with Crippen molar-refractivity contribution in [2.75, 3.05) is 6.54 Å². The molecule has 2 rings (SSSR count). The molecule has 5 heteroatoms. The van der Waals surface area contributed by atoms with Crippen molar-refractivity contribution in [3.63, 3.8) is 0 Å². The molecule has 2 heterocycles. The van der Waals surface area contributed by atoms with E-state index in [4.69, 9.17) is 9.15 Å². The lowest BCUT2D eigenvalue weighted by Gasteiger charge is -2.31. The number of nitrogens with zero attached hydrogens (tertiary/aromatic N) is 2. The number of hydrogen-bond donors (Lipinski definition) is 0. The SMILES string of the molecule is CC(C)(C)OC(=O)N1CCCCCC1c1cocn1. The highest BCUT2D eigenvalue weighted by Crippen LogP contribution is 2.30. The molecule has 106 valence electrons. The van der Waals surface area contributed by atoms with Crippen LogP contribution < -0.4 is 0 Å². The molecule has 1 unspecified atom stereocenters. The van der Waals surface area contributed by atoms with Gasteiger partial charge in [0, 0.05) is 6.54 Å². The van der Waals surface area contributed by atoms with Crippen LogP contribution in [-0.4, -0.2) is 28.1 Å². The molecule has 0 aromatic carbocycles. The van der Waals surface area contributed by atoms with Crippen molar-refractivity contribution >= 4 is 6.09 Å². The fourth-order valence-corrected chi connectivity index (χ4v) is 2.34. The number of hydrogen-bond acceptors (Lipinski definition) is 4. The van der Waals surface area contributed by atoms with Crippen molar-refractivity contribution in [2.24, 2.45) is 0 Å². The van der Waals surface area contributed by atoms with Gasteiger partial charge in [-0.1, -0.05) is 12.8 Å². The fraction of sp³-hybridized carbons (Fsp3) is 0.714. The summed E-state index contributed by atoms with van der Waals surface area (Å²) in [5, 5.41) is 0. The van der Waals surface area contributed by atoms with Crippen LogP contribution in [0.4, 0.5) is 4.79 Å². The average molecular weight is 266 g/mol. The molecule has 19 heavy (non-hydrogen) atoms. The van der Waals surface area contributed by atoms with Crippen molar-refractivity contribution in [3.05, 3.63) is 18.4 Å². The monoisotopic (exact) mass is 266 g/mol. The Bertz CT molecular complexity index is 409. The maximum atomic E-state index is 12.3. The fourth-order valence-electron chi connectivity index (χ4n) is 2.34. The summed E-state index contributed by atoms with van der Waals surface area (Å²) in [6, 6.07) is -0.0314. The second-order valence-corrected chi connectivity index (χ2v) is 5.95. The molecule has 1 aromatic rings. The number of carbonyl (C=O) groups is 1. The Morgan fingerprint density at radius 1 is 1.42 bits per heavy atom. The van der Waals surface area contributed by atoms with Crippen molar-refractivity contribution in [2.45, 2.75) is 58.1 Å². The molecule has 1 aromatic heterocycles. The molecule has 0 saturated carbocycles. The summed E-state index contributed by atoms with van der Waals surface area (Å²) >= 11 is 0. The number of oxazole rings is 1. The molecule has 1 atom stereocenters. The first kappa shape index (κ1) is 13.9. The van der Waals surface area contributed by atoms with E-state index in [2.05, 4.69) is 4.98 Å². The summed E-state index contributed by atoms with van der Waals surface area (Å²) in [5.74, 6) is 0. The van der Waals surface area contributed by atoms with Crippen LogP contribution >= 0.6 is 0 Å². The van der Waals surface area contributed by atoms with Gasteiger partial charge in [-0.25, -0.2) is 9.78 Å². The van der Waals surface area contributed by atoms with Gasteiger partial charge in [-0.05, 0) is 33.6 Å². The van der Waals surface area contributed by atoms with E-state index in [1.54, 1.807) is 11.2 Å². The van der Waals surface area contributed by atoms with Crippen molar-refractivity contribution in [3.8, 4) is 0 Å². The van der Waals surface area contributed by atoms with E-state index in [0.717, 1.165) is 31.4 Å². The zero-order valence-corrected chi connectivity index (χ0v) is 11.9. The molecule has 1 aliphatic heterocycles. The number of rotatable bonds is 1. The number of aromatic nitrogens is 1. The molecule has 0 spiro atoms. The average Bonchev–Trinajstić information content (AvgIpc) is 2.71. The minimum absolute atomic E-state index is 0.0314. The van der Waals surface area contributed by atoms with Gasteiger partial charge in [0.05, 0.1) is 6.04 Å². The van der Waals surface area contributed by atoms with Crippen LogP contribution in [0.2, 0.25) is 0 Å². The number of amides is 1. The molecule has 1 fully saturated rings. The van der Waals surface area contributed by atoms with E-state index >= 15 is 0 Å². The normalized spacial score (nSPS) is 21.0. The molecule has 0 aliphatic carbocycles. The smallest absolute Gasteiger partial charge is 0.410 e. The summed E-state index contributed by atoms with van der Waals surface area (Å²) in [6.07, 6.45) is 6.91. The van der Waals surface area contributed by atoms with Crippen LogP contribution in [0, 0.1) is 0 Å². The van der Waals surface area contributed by atoms with Gasteiger partial charge < -0.3 is 9.15 Å². The molecule has 1 amide bonds. The van der Waals surface area contributed by atoms with E-state index in [9.17, 15) is 4.79 Å². The van der Waals surface area contributed by atoms with Crippen molar-refractivity contribution in [1.29, 1.82) is 0 Å². The van der Waals surface area contributed by atoms with E-state index < -0.39 is 5.60 Å². The Morgan fingerprint density at radius 3 is 2.84 bits per heavy atom. The summed E-state index contributed by atoms with van der Waals surface area (Å²) in [4.78, 5) is 18.3. The van der Waals surface area contributed by atoms with Crippen molar-refractivity contribution < 1.29 is 13.9 Å². The highest BCUT2D eigenvalue weighted by Gasteiger charge is 2.31. The third-order valence-electron chi connectivity index (χ3n) is 3.17. The van der Waals surface area contributed by atoms with Crippen LogP contribution in [0.25, 0.3) is 0 Å². The van der Waals surface area contributed by atoms with E-state index in [0.29, 0.717) is 6.54 Å². The van der Waals surface area contributed by atoms with Gasteiger partial charge in [0.1, 0.15) is 17.6 Å². The maximum Gasteiger partial charge on any atom is 0.410 e. The molecular formula is C14H22N2O3. The van der Waals surface area contributed by atoms with Gasteiger partial charge in [0.15, 0.2) is 6.39 Å². The lowest BCUT2D eigenvalue weighted by molar-refractivity contribution is 0.0159. The van der Waals surface area contributed by atoms with Gasteiger partial charge in [-0.3, -0.25) is 4.90 Å². The third kappa shape index (κ3) is 3.72.